The molecule has 2 heterocycles. The van der Waals surface area contributed by atoms with E-state index < -0.39 is 0 Å². The highest BCUT2D eigenvalue weighted by molar-refractivity contribution is 5.98. The van der Waals surface area contributed by atoms with Crippen molar-refractivity contribution in [2.75, 3.05) is 6.54 Å². The zero-order chi connectivity index (χ0) is 18.5. The predicted molar refractivity (Wildman–Crippen MR) is 105 cm³/mol. The quantitative estimate of drug-likeness (QED) is 0.693. The van der Waals surface area contributed by atoms with Crippen LogP contribution >= 0.6 is 0 Å². The molecule has 0 aliphatic carbocycles. The largest absolute Gasteiger partial charge is 0.336 e. The second kappa shape index (κ2) is 8.16. The fraction of sp³-hybridized carbons (Fsp3) is 0.318. The molecule has 1 aliphatic rings. The summed E-state index contributed by atoms with van der Waals surface area (Å²) in [5, 5.41) is 4.20. The van der Waals surface area contributed by atoms with Gasteiger partial charge in [-0.2, -0.15) is 5.10 Å². The van der Waals surface area contributed by atoms with Gasteiger partial charge in [0.25, 0.3) is 5.91 Å². The van der Waals surface area contributed by atoms with Crippen molar-refractivity contribution >= 4 is 5.91 Å². The van der Waals surface area contributed by atoms with E-state index in [1.165, 1.54) is 18.3 Å². The molecule has 1 atom stereocenters. The molecule has 1 amide bonds. The molecule has 5 nitrogen and oxygen atoms in total. The zero-order valence-corrected chi connectivity index (χ0v) is 15.4. The molecular formula is C22H24N4O. The normalized spacial score (nSPS) is 17.0. The first-order valence-electron chi connectivity index (χ1n) is 9.62. The van der Waals surface area contributed by atoms with Crippen molar-refractivity contribution in [3.63, 3.8) is 0 Å². The third-order valence-corrected chi connectivity index (χ3v) is 5.30. The van der Waals surface area contributed by atoms with Crippen LogP contribution in [0.25, 0.3) is 5.69 Å². The molecule has 1 aromatic heterocycles. The molecule has 138 valence electrons. The first kappa shape index (κ1) is 17.5. The van der Waals surface area contributed by atoms with Gasteiger partial charge in [0.05, 0.1) is 11.3 Å². The number of carbonyl (C=O) groups is 1. The van der Waals surface area contributed by atoms with Crippen LogP contribution in [-0.2, 0) is 6.42 Å². The van der Waals surface area contributed by atoms with Gasteiger partial charge in [-0.1, -0.05) is 42.5 Å². The summed E-state index contributed by atoms with van der Waals surface area (Å²) in [5.74, 6) is 0.0962. The van der Waals surface area contributed by atoms with Gasteiger partial charge in [0.2, 0.25) is 0 Å². The molecule has 4 rings (SSSR count). The fourth-order valence-electron chi connectivity index (χ4n) is 3.89. The minimum Gasteiger partial charge on any atom is -0.336 e. The highest BCUT2D eigenvalue weighted by atomic mass is 16.2. The van der Waals surface area contributed by atoms with Gasteiger partial charge in [0, 0.05) is 12.6 Å². The summed E-state index contributed by atoms with van der Waals surface area (Å²) in [4.78, 5) is 19.5. The topological polar surface area (TPSA) is 51.0 Å². The number of likely N-dealkylation sites (tertiary alicyclic amines) is 1. The summed E-state index contributed by atoms with van der Waals surface area (Å²) in [6.45, 7) is 0.823. The van der Waals surface area contributed by atoms with Gasteiger partial charge in [-0.05, 0) is 49.8 Å². The lowest BCUT2D eigenvalue weighted by molar-refractivity contribution is 0.0602. The number of carbonyl (C=O) groups excluding carboxylic acids is 1. The summed E-state index contributed by atoms with van der Waals surface area (Å²) in [6.07, 6.45) is 8.46. The minimum absolute atomic E-state index is 0.0962. The number of hydrogen-bond acceptors (Lipinski definition) is 3. The van der Waals surface area contributed by atoms with Crippen molar-refractivity contribution in [1.29, 1.82) is 0 Å². The Hall–Kier alpha value is -2.95. The number of rotatable bonds is 5. The lowest BCUT2D eigenvalue weighted by atomic mass is 9.95. The first-order chi connectivity index (χ1) is 13.3. The molecule has 0 unspecified atom stereocenters. The van der Waals surface area contributed by atoms with E-state index in [9.17, 15) is 4.79 Å². The van der Waals surface area contributed by atoms with E-state index in [0.717, 1.165) is 37.9 Å². The van der Waals surface area contributed by atoms with E-state index in [-0.39, 0.29) is 11.9 Å². The lowest BCUT2D eigenvalue weighted by Gasteiger charge is -2.36. The highest BCUT2D eigenvalue weighted by Crippen LogP contribution is 2.25. The Balaban J connectivity index is 1.55. The first-order valence-corrected chi connectivity index (χ1v) is 9.62. The van der Waals surface area contributed by atoms with Crippen LogP contribution in [-0.4, -0.2) is 38.2 Å². The maximum Gasteiger partial charge on any atom is 0.256 e. The monoisotopic (exact) mass is 360 g/mol. The Kier molecular flexibility index (Phi) is 5.28. The van der Waals surface area contributed by atoms with Crippen molar-refractivity contribution in [3.05, 3.63) is 78.4 Å². The van der Waals surface area contributed by atoms with E-state index >= 15 is 0 Å². The molecular weight excluding hydrogens is 336 g/mol. The van der Waals surface area contributed by atoms with Gasteiger partial charge in [0.1, 0.15) is 12.7 Å². The van der Waals surface area contributed by atoms with Crippen LogP contribution in [0.15, 0.2) is 67.3 Å². The van der Waals surface area contributed by atoms with Crippen LogP contribution < -0.4 is 0 Å². The number of aryl methyl sites for hydroxylation is 1. The number of hydrogen-bond donors (Lipinski definition) is 0. The van der Waals surface area contributed by atoms with E-state index in [1.807, 2.05) is 30.3 Å². The fourth-order valence-corrected chi connectivity index (χ4v) is 3.89. The summed E-state index contributed by atoms with van der Waals surface area (Å²) < 4.78 is 1.66. The Morgan fingerprint density at radius 1 is 1.04 bits per heavy atom. The second-order valence-corrected chi connectivity index (χ2v) is 7.03. The number of amides is 1. The number of para-hydroxylation sites is 1. The Morgan fingerprint density at radius 3 is 2.67 bits per heavy atom. The molecule has 1 fully saturated rings. The number of piperidine rings is 1. The summed E-state index contributed by atoms with van der Waals surface area (Å²) in [7, 11) is 0. The minimum atomic E-state index is 0.0962. The summed E-state index contributed by atoms with van der Waals surface area (Å²) in [5.41, 5.74) is 2.81. The molecule has 0 radical (unpaired) electrons. The molecule has 3 aromatic rings. The van der Waals surface area contributed by atoms with Gasteiger partial charge in [-0.3, -0.25) is 4.79 Å². The molecule has 0 bridgehead atoms. The number of benzene rings is 2. The van der Waals surface area contributed by atoms with Crippen LogP contribution in [0.3, 0.4) is 0 Å². The Labute approximate surface area is 159 Å². The third kappa shape index (κ3) is 3.92. The van der Waals surface area contributed by atoms with Crippen LogP contribution in [0, 0.1) is 0 Å². The molecule has 2 aromatic carbocycles. The molecule has 0 spiro atoms. The van der Waals surface area contributed by atoms with Crippen LogP contribution in [0.5, 0.6) is 0 Å². The van der Waals surface area contributed by atoms with Gasteiger partial charge in [-0.25, -0.2) is 9.67 Å². The van der Waals surface area contributed by atoms with Gasteiger partial charge in [0.15, 0.2) is 0 Å². The van der Waals surface area contributed by atoms with Gasteiger partial charge in [-0.15, -0.1) is 0 Å². The van der Waals surface area contributed by atoms with Crippen molar-refractivity contribution in [2.24, 2.45) is 0 Å². The van der Waals surface area contributed by atoms with Crippen LogP contribution in [0.2, 0.25) is 0 Å². The standard InChI is InChI=1S/C22H24N4O/c27-22(20-11-4-5-12-21(20)26-17-23-16-24-26)25-15-7-6-10-19(25)14-13-18-8-2-1-3-9-18/h1-5,8-9,11-12,16-17,19H,6-7,10,13-15H2/t19-/m0/s1. The maximum absolute atomic E-state index is 13.4. The Morgan fingerprint density at radius 2 is 1.85 bits per heavy atom. The SMILES string of the molecule is O=C(c1ccccc1-n1cncn1)N1CCCC[C@H]1CCc1ccccc1. The average molecular weight is 360 g/mol. The molecule has 1 aliphatic heterocycles. The number of nitrogens with zero attached hydrogens (tertiary/aromatic N) is 4. The van der Waals surface area contributed by atoms with Gasteiger partial charge < -0.3 is 4.90 Å². The average Bonchev–Trinajstić information content (AvgIpc) is 3.27. The van der Waals surface area contributed by atoms with Crippen molar-refractivity contribution in [3.8, 4) is 5.69 Å². The van der Waals surface area contributed by atoms with Crippen molar-refractivity contribution < 1.29 is 4.79 Å². The summed E-state index contributed by atoms with van der Waals surface area (Å²) >= 11 is 0. The lowest BCUT2D eigenvalue weighted by Crippen LogP contribution is -2.44. The molecule has 0 saturated carbocycles. The smallest absolute Gasteiger partial charge is 0.256 e. The van der Waals surface area contributed by atoms with Crippen LogP contribution in [0.4, 0.5) is 0 Å². The summed E-state index contributed by atoms with van der Waals surface area (Å²) in [6, 6.07) is 18.5. The van der Waals surface area contributed by atoms with Crippen LogP contribution in [0.1, 0.15) is 41.6 Å². The van der Waals surface area contributed by atoms with Crippen molar-refractivity contribution in [2.45, 2.75) is 38.1 Å². The molecule has 0 N–H and O–H groups in total. The second-order valence-electron chi connectivity index (χ2n) is 7.03. The van der Waals surface area contributed by atoms with E-state index in [0.29, 0.717) is 5.56 Å². The highest BCUT2D eigenvalue weighted by Gasteiger charge is 2.28. The maximum atomic E-state index is 13.4. The zero-order valence-electron chi connectivity index (χ0n) is 15.4. The molecule has 27 heavy (non-hydrogen) atoms. The molecule has 1 saturated heterocycles. The number of aromatic nitrogens is 3. The van der Waals surface area contributed by atoms with Crippen molar-refractivity contribution in [1.82, 2.24) is 19.7 Å². The van der Waals surface area contributed by atoms with E-state index in [4.69, 9.17) is 0 Å². The third-order valence-electron chi connectivity index (χ3n) is 5.30. The molecule has 5 heteroatoms. The van der Waals surface area contributed by atoms with Gasteiger partial charge >= 0.3 is 0 Å². The van der Waals surface area contributed by atoms with E-state index in [1.54, 1.807) is 11.0 Å². The Bertz CT molecular complexity index is 876. The van der Waals surface area contributed by atoms with E-state index in [2.05, 4.69) is 39.2 Å². The predicted octanol–water partition coefficient (Wildman–Crippen LogP) is 3.89.